The third kappa shape index (κ3) is 7.78. The zero-order valence-corrected chi connectivity index (χ0v) is 15.7. The normalized spacial score (nSPS) is 15.0. The van der Waals surface area contributed by atoms with Crippen molar-refractivity contribution in [1.82, 2.24) is 15.5 Å². The Kier molecular flexibility index (Phi) is 10.5. The second-order valence-electron chi connectivity index (χ2n) is 5.32. The molecule has 1 aromatic carbocycles. The first-order valence-electron chi connectivity index (χ1n) is 7.27. The molecule has 4 N–H and O–H groups in total. The molecule has 24 heavy (non-hydrogen) atoms. The lowest BCUT2D eigenvalue weighted by Gasteiger charge is -2.26. The van der Waals surface area contributed by atoms with Gasteiger partial charge in [-0.15, -0.1) is 24.8 Å². The molecule has 1 fully saturated rings. The predicted molar refractivity (Wildman–Crippen MR) is 98.3 cm³/mol. The molecule has 0 atom stereocenters. The molecule has 7 nitrogen and oxygen atoms in total. The van der Waals surface area contributed by atoms with Crippen LogP contribution in [0, 0.1) is 0 Å². The molecule has 1 amide bonds. The summed E-state index contributed by atoms with van der Waals surface area (Å²) >= 11 is 0. The molecule has 0 spiro atoms. The van der Waals surface area contributed by atoms with Crippen molar-refractivity contribution in [3.63, 3.8) is 0 Å². The van der Waals surface area contributed by atoms with E-state index in [1.54, 1.807) is 12.1 Å². The number of benzene rings is 1. The molecule has 0 aromatic heterocycles. The lowest BCUT2D eigenvalue weighted by molar-refractivity contribution is -0.122. The molecular weight excluding hydrogens is 375 g/mol. The fraction of sp³-hybridized carbons (Fsp3) is 0.500. The van der Waals surface area contributed by atoms with Gasteiger partial charge in [0.05, 0.1) is 11.4 Å². The summed E-state index contributed by atoms with van der Waals surface area (Å²) in [4.78, 5) is 14.0. The van der Waals surface area contributed by atoms with Crippen LogP contribution in [-0.4, -0.2) is 58.5 Å². The zero-order chi connectivity index (χ0) is 16.0. The Morgan fingerprint density at radius 1 is 1.17 bits per heavy atom. The molecule has 1 aliphatic rings. The minimum Gasteiger partial charge on any atom is -0.355 e. The Morgan fingerprint density at radius 3 is 2.29 bits per heavy atom. The first kappa shape index (κ1) is 23.1. The highest BCUT2D eigenvalue weighted by atomic mass is 35.5. The number of carbonyl (C=O) groups excluding carboxylic acids is 1. The van der Waals surface area contributed by atoms with Crippen LogP contribution in [0.25, 0.3) is 0 Å². The maximum Gasteiger partial charge on any atom is 0.238 e. The van der Waals surface area contributed by atoms with E-state index in [0.717, 1.165) is 31.7 Å². The van der Waals surface area contributed by atoms with Crippen LogP contribution in [0.5, 0.6) is 0 Å². The van der Waals surface area contributed by atoms with Gasteiger partial charge < -0.3 is 10.6 Å². The van der Waals surface area contributed by atoms with Crippen LogP contribution < -0.4 is 15.8 Å². The van der Waals surface area contributed by atoms with E-state index in [0.29, 0.717) is 19.5 Å². The number of carbonyl (C=O) groups is 1. The van der Waals surface area contributed by atoms with E-state index in [-0.39, 0.29) is 35.6 Å². The average molecular weight is 399 g/mol. The summed E-state index contributed by atoms with van der Waals surface area (Å²) in [6, 6.07) is 6.38. The van der Waals surface area contributed by atoms with Crippen molar-refractivity contribution in [2.75, 3.05) is 39.3 Å². The van der Waals surface area contributed by atoms with Gasteiger partial charge >= 0.3 is 0 Å². The van der Waals surface area contributed by atoms with E-state index in [9.17, 15) is 13.2 Å². The summed E-state index contributed by atoms with van der Waals surface area (Å²) in [6.45, 7) is 4.57. The quantitative estimate of drug-likeness (QED) is 0.612. The van der Waals surface area contributed by atoms with Gasteiger partial charge in [0, 0.05) is 32.7 Å². The van der Waals surface area contributed by atoms with Crippen molar-refractivity contribution in [1.29, 1.82) is 0 Å². The molecule has 10 heteroatoms. The molecule has 138 valence electrons. The van der Waals surface area contributed by atoms with Crippen LogP contribution in [0.3, 0.4) is 0 Å². The number of amides is 1. The van der Waals surface area contributed by atoms with Crippen LogP contribution in [0.4, 0.5) is 0 Å². The molecular formula is C14H24Cl2N4O3S. The number of primary sulfonamides is 1. The molecule has 1 saturated heterocycles. The van der Waals surface area contributed by atoms with E-state index < -0.39 is 10.0 Å². The molecule has 0 unspecified atom stereocenters. The van der Waals surface area contributed by atoms with E-state index >= 15 is 0 Å². The summed E-state index contributed by atoms with van der Waals surface area (Å²) in [5.74, 6) is 0.0167. The Bertz CT molecular complexity index is 605. The third-order valence-electron chi connectivity index (χ3n) is 3.56. The number of nitrogens with one attached hydrogen (secondary N) is 2. The number of sulfonamides is 1. The van der Waals surface area contributed by atoms with Gasteiger partial charge in [-0.25, -0.2) is 13.6 Å². The fourth-order valence-corrected chi connectivity index (χ4v) is 2.84. The van der Waals surface area contributed by atoms with Crippen molar-refractivity contribution < 1.29 is 13.2 Å². The van der Waals surface area contributed by atoms with E-state index in [1.807, 2.05) is 0 Å². The van der Waals surface area contributed by atoms with Crippen molar-refractivity contribution in [3.05, 3.63) is 29.8 Å². The SMILES string of the molecule is Cl.Cl.NS(=O)(=O)c1ccc(CCNC(=O)CN2CCNCC2)cc1. The van der Waals surface area contributed by atoms with Gasteiger partial charge in [-0.05, 0) is 24.1 Å². The Balaban J connectivity index is 0.00000264. The number of rotatable bonds is 6. The monoisotopic (exact) mass is 398 g/mol. The van der Waals surface area contributed by atoms with Gasteiger partial charge in [0.15, 0.2) is 0 Å². The molecule has 0 aliphatic carbocycles. The van der Waals surface area contributed by atoms with Crippen molar-refractivity contribution in [2.24, 2.45) is 5.14 Å². The number of piperazine rings is 1. The van der Waals surface area contributed by atoms with Gasteiger partial charge in [0.25, 0.3) is 0 Å². The summed E-state index contributed by atoms with van der Waals surface area (Å²) in [5.41, 5.74) is 0.954. The van der Waals surface area contributed by atoms with Crippen LogP contribution in [0.2, 0.25) is 0 Å². The minimum atomic E-state index is -3.65. The molecule has 1 aromatic rings. The van der Waals surface area contributed by atoms with E-state index in [4.69, 9.17) is 5.14 Å². The second-order valence-corrected chi connectivity index (χ2v) is 6.88. The van der Waals surface area contributed by atoms with Crippen molar-refractivity contribution in [2.45, 2.75) is 11.3 Å². The van der Waals surface area contributed by atoms with Gasteiger partial charge in [0.2, 0.25) is 15.9 Å². The van der Waals surface area contributed by atoms with Gasteiger partial charge in [-0.2, -0.15) is 0 Å². The molecule has 1 heterocycles. The standard InChI is InChI=1S/C14H22N4O3S.2ClH/c15-22(20,21)13-3-1-12(2-4-13)5-6-17-14(19)11-18-9-7-16-8-10-18;;/h1-4,16H,5-11H2,(H,17,19)(H2,15,20,21);2*1H. The van der Waals surface area contributed by atoms with Crippen LogP contribution in [0.15, 0.2) is 29.2 Å². The molecule has 0 bridgehead atoms. The van der Waals surface area contributed by atoms with Gasteiger partial charge in [-0.3, -0.25) is 9.69 Å². The maximum absolute atomic E-state index is 11.8. The second kappa shape index (κ2) is 10.9. The average Bonchev–Trinajstić information content (AvgIpc) is 2.48. The molecule has 0 saturated carbocycles. The highest BCUT2D eigenvalue weighted by Gasteiger charge is 2.13. The topological polar surface area (TPSA) is 105 Å². The Morgan fingerprint density at radius 2 is 1.75 bits per heavy atom. The maximum atomic E-state index is 11.8. The third-order valence-corrected chi connectivity index (χ3v) is 4.49. The minimum absolute atomic E-state index is 0. The summed E-state index contributed by atoms with van der Waals surface area (Å²) in [7, 11) is -3.65. The highest BCUT2D eigenvalue weighted by molar-refractivity contribution is 7.89. The number of halogens is 2. The molecule has 1 aliphatic heterocycles. The number of nitrogens with zero attached hydrogens (tertiary/aromatic N) is 1. The first-order valence-corrected chi connectivity index (χ1v) is 8.81. The zero-order valence-electron chi connectivity index (χ0n) is 13.2. The molecule has 0 radical (unpaired) electrons. The number of hydrogen-bond donors (Lipinski definition) is 3. The van der Waals surface area contributed by atoms with E-state index in [2.05, 4.69) is 15.5 Å². The Labute approximate surface area is 155 Å². The first-order chi connectivity index (χ1) is 10.4. The molecule has 2 rings (SSSR count). The van der Waals surface area contributed by atoms with Crippen LogP contribution in [-0.2, 0) is 21.2 Å². The van der Waals surface area contributed by atoms with Crippen molar-refractivity contribution in [3.8, 4) is 0 Å². The number of nitrogens with two attached hydrogens (primary N) is 1. The summed E-state index contributed by atoms with van der Waals surface area (Å²) in [6.07, 6.45) is 0.651. The summed E-state index contributed by atoms with van der Waals surface area (Å²) in [5, 5.41) is 11.2. The lowest BCUT2D eigenvalue weighted by atomic mass is 10.1. The van der Waals surface area contributed by atoms with Crippen LogP contribution in [0.1, 0.15) is 5.56 Å². The van der Waals surface area contributed by atoms with Gasteiger partial charge in [-0.1, -0.05) is 12.1 Å². The highest BCUT2D eigenvalue weighted by Crippen LogP contribution is 2.08. The van der Waals surface area contributed by atoms with Crippen LogP contribution >= 0.6 is 24.8 Å². The Hall–Kier alpha value is -0.900. The number of hydrogen-bond acceptors (Lipinski definition) is 5. The predicted octanol–water partition coefficient (Wildman–Crippen LogP) is -0.258. The fourth-order valence-electron chi connectivity index (χ4n) is 2.32. The smallest absolute Gasteiger partial charge is 0.238 e. The van der Waals surface area contributed by atoms with Gasteiger partial charge in [0.1, 0.15) is 0 Å². The van der Waals surface area contributed by atoms with E-state index in [1.165, 1.54) is 12.1 Å². The lowest BCUT2D eigenvalue weighted by Crippen LogP contribution is -2.47. The van der Waals surface area contributed by atoms with Crippen molar-refractivity contribution >= 4 is 40.7 Å². The largest absolute Gasteiger partial charge is 0.355 e. The summed E-state index contributed by atoms with van der Waals surface area (Å²) < 4.78 is 22.3.